The molecule has 15 heavy (non-hydrogen) atoms. The first-order valence-corrected chi connectivity index (χ1v) is 5.21. The molecule has 0 aromatic carbocycles. The van der Waals surface area contributed by atoms with Crippen molar-refractivity contribution in [3.8, 4) is 0 Å². The molecule has 1 heterocycles. The molecule has 2 rings (SSSR count). The van der Waals surface area contributed by atoms with Crippen molar-refractivity contribution in [3.05, 3.63) is 24.0 Å². The molecule has 0 spiro atoms. The standard InChI is InChI=1S/C11H15NO3/c1-7-9(13)4-5-10(7)15-11(14)8-3-2-6-12-8/h2-3,6-7,9-10,12-13H,4-5H2,1H3/t7-,9?,10+/m1/s1. The number of ether oxygens (including phenoxy) is 1. The molecule has 82 valence electrons. The van der Waals surface area contributed by atoms with Gasteiger partial charge in [0.15, 0.2) is 0 Å². The molecule has 1 unspecified atom stereocenters. The lowest BCUT2D eigenvalue weighted by molar-refractivity contribution is 0.0119. The average Bonchev–Trinajstić information content (AvgIpc) is 2.83. The van der Waals surface area contributed by atoms with E-state index >= 15 is 0 Å². The van der Waals surface area contributed by atoms with Gasteiger partial charge in [-0.05, 0) is 25.0 Å². The van der Waals surface area contributed by atoms with E-state index in [4.69, 9.17) is 4.74 Å². The van der Waals surface area contributed by atoms with Gasteiger partial charge in [0.2, 0.25) is 0 Å². The van der Waals surface area contributed by atoms with Gasteiger partial charge in [0.05, 0.1) is 6.10 Å². The van der Waals surface area contributed by atoms with Gasteiger partial charge in [0, 0.05) is 12.1 Å². The van der Waals surface area contributed by atoms with E-state index in [1.165, 1.54) is 0 Å². The highest BCUT2D eigenvalue weighted by atomic mass is 16.5. The Labute approximate surface area is 88.3 Å². The van der Waals surface area contributed by atoms with Gasteiger partial charge in [-0.2, -0.15) is 0 Å². The largest absolute Gasteiger partial charge is 0.457 e. The van der Waals surface area contributed by atoms with E-state index in [9.17, 15) is 9.90 Å². The summed E-state index contributed by atoms with van der Waals surface area (Å²) in [6.45, 7) is 1.91. The minimum absolute atomic E-state index is 0.0314. The maximum Gasteiger partial charge on any atom is 0.355 e. The van der Waals surface area contributed by atoms with Crippen molar-refractivity contribution >= 4 is 5.97 Å². The first-order valence-electron chi connectivity index (χ1n) is 5.21. The van der Waals surface area contributed by atoms with Crippen LogP contribution in [-0.4, -0.2) is 28.3 Å². The van der Waals surface area contributed by atoms with Crippen LogP contribution in [0.4, 0.5) is 0 Å². The summed E-state index contributed by atoms with van der Waals surface area (Å²) < 4.78 is 5.31. The molecule has 2 N–H and O–H groups in total. The van der Waals surface area contributed by atoms with Crippen LogP contribution in [0, 0.1) is 5.92 Å². The van der Waals surface area contributed by atoms with Crippen molar-refractivity contribution in [2.75, 3.05) is 0 Å². The fourth-order valence-corrected chi connectivity index (χ4v) is 1.93. The van der Waals surface area contributed by atoms with Crippen LogP contribution in [0.25, 0.3) is 0 Å². The van der Waals surface area contributed by atoms with Crippen LogP contribution >= 0.6 is 0 Å². The molecule has 1 saturated carbocycles. The first-order chi connectivity index (χ1) is 7.18. The average molecular weight is 209 g/mol. The SMILES string of the molecule is C[C@@H]1C(O)CC[C@@H]1OC(=O)c1ccc[nH]1. The van der Waals surface area contributed by atoms with Gasteiger partial charge in [0.1, 0.15) is 11.8 Å². The van der Waals surface area contributed by atoms with E-state index in [-0.39, 0.29) is 24.1 Å². The second-order valence-corrected chi connectivity index (χ2v) is 4.03. The molecule has 1 aliphatic rings. The fourth-order valence-electron chi connectivity index (χ4n) is 1.93. The number of esters is 1. The summed E-state index contributed by atoms with van der Waals surface area (Å²) in [7, 11) is 0. The summed E-state index contributed by atoms with van der Waals surface area (Å²) in [5.41, 5.74) is 0.462. The number of rotatable bonds is 2. The number of aliphatic hydroxyl groups excluding tert-OH is 1. The number of aromatic amines is 1. The van der Waals surface area contributed by atoms with Crippen molar-refractivity contribution < 1.29 is 14.6 Å². The number of carbonyl (C=O) groups excluding carboxylic acids is 1. The number of H-pyrrole nitrogens is 1. The van der Waals surface area contributed by atoms with Gasteiger partial charge >= 0.3 is 5.97 Å². The highest BCUT2D eigenvalue weighted by molar-refractivity contribution is 5.87. The Morgan fingerprint density at radius 3 is 2.93 bits per heavy atom. The zero-order valence-corrected chi connectivity index (χ0v) is 8.64. The van der Waals surface area contributed by atoms with Crippen molar-refractivity contribution in [2.24, 2.45) is 5.92 Å². The number of aliphatic hydroxyl groups is 1. The molecule has 0 radical (unpaired) electrons. The Kier molecular flexibility index (Phi) is 2.77. The second kappa shape index (κ2) is 4.06. The maximum atomic E-state index is 11.6. The molecular weight excluding hydrogens is 194 g/mol. The fraction of sp³-hybridized carbons (Fsp3) is 0.545. The maximum absolute atomic E-state index is 11.6. The lowest BCUT2D eigenvalue weighted by Gasteiger charge is -2.17. The van der Waals surface area contributed by atoms with E-state index < -0.39 is 0 Å². The first kappa shape index (κ1) is 10.2. The minimum atomic E-state index is -0.342. The van der Waals surface area contributed by atoms with E-state index in [1.54, 1.807) is 18.3 Å². The summed E-state index contributed by atoms with van der Waals surface area (Å²) in [4.78, 5) is 14.4. The quantitative estimate of drug-likeness (QED) is 0.722. The molecule has 1 aliphatic carbocycles. The predicted molar refractivity (Wildman–Crippen MR) is 54.4 cm³/mol. The van der Waals surface area contributed by atoms with Crippen molar-refractivity contribution in [3.63, 3.8) is 0 Å². The normalized spacial score (nSPS) is 30.4. The van der Waals surface area contributed by atoms with Gasteiger partial charge in [-0.1, -0.05) is 6.92 Å². The highest BCUT2D eigenvalue weighted by Crippen LogP contribution is 2.28. The van der Waals surface area contributed by atoms with Crippen LogP contribution < -0.4 is 0 Å². The zero-order valence-electron chi connectivity index (χ0n) is 8.64. The van der Waals surface area contributed by atoms with Crippen LogP contribution in [0.5, 0.6) is 0 Å². The van der Waals surface area contributed by atoms with Crippen molar-refractivity contribution in [2.45, 2.75) is 32.0 Å². The molecule has 3 atom stereocenters. The van der Waals surface area contributed by atoms with Gasteiger partial charge in [-0.3, -0.25) is 0 Å². The van der Waals surface area contributed by atoms with Gasteiger partial charge < -0.3 is 14.8 Å². The number of aromatic nitrogens is 1. The van der Waals surface area contributed by atoms with E-state index in [2.05, 4.69) is 4.98 Å². The van der Waals surface area contributed by atoms with Crippen LogP contribution in [0.15, 0.2) is 18.3 Å². The Hall–Kier alpha value is -1.29. The summed E-state index contributed by atoms with van der Waals surface area (Å²) in [5, 5.41) is 9.51. The Bertz CT molecular complexity index is 334. The molecule has 0 saturated heterocycles. The van der Waals surface area contributed by atoms with Gasteiger partial charge in [0.25, 0.3) is 0 Å². The molecule has 0 amide bonds. The van der Waals surface area contributed by atoms with Crippen LogP contribution in [0.2, 0.25) is 0 Å². The zero-order chi connectivity index (χ0) is 10.8. The van der Waals surface area contributed by atoms with E-state index in [0.29, 0.717) is 12.1 Å². The lowest BCUT2D eigenvalue weighted by atomic mass is 10.1. The monoisotopic (exact) mass is 209 g/mol. The van der Waals surface area contributed by atoms with Crippen LogP contribution in [0.1, 0.15) is 30.3 Å². The predicted octanol–water partition coefficient (Wildman–Crippen LogP) is 1.33. The molecule has 4 heteroatoms. The van der Waals surface area contributed by atoms with Gasteiger partial charge in [-0.25, -0.2) is 4.79 Å². The summed E-state index contributed by atoms with van der Waals surface area (Å²) in [6.07, 6.45) is 2.64. The molecule has 1 aromatic heterocycles. The van der Waals surface area contributed by atoms with E-state index in [0.717, 1.165) is 6.42 Å². The van der Waals surface area contributed by atoms with E-state index in [1.807, 2.05) is 6.92 Å². The van der Waals surface area contributed by atoms with Crippen LogP contribution in [-0.2, 0) is 4.74 Å². The Morgan fingerprint density at radius 2 is 2.40 bits per heavy atom. The minimum Gasteiger partial charge on any atom is -0.457 e. The molecule has 0 aliphatic heterocycles. The third kappa shape index (κ3) is 2.04. The number of nitrogens with one attached hydrogen (secondary N) is 1. The third-order valence-electron chi connectivity index (χ3n) is 3.02. The molecule has 0 bridgehead atoms. The number of hydrogen-bond donors (Lipinski definition) is 2. The van der Waals surface area contributed by atoms with Crippen molar-refractivity contribution in [1.82, 2.24) is 4.98 Å². The number of carbonyl (C=O) groups is 1. The summed E-state index contributed by atoms with van der Waals surface area (Å²) in [5.74, 6) is -0.310. The molecule has 1 aromatic rings. The second-order valence-electron chi connectivity index (χ2n) is 4.03. The van der Waals surface area contributed by atoms with Crippen LogP contribution in [0.3, 0.4) is 0 Å². The van der Waals surface area contributed by atoms with Crippen molar-refractivity contribution in [1.29, 1.82) is 0 Å². The number of hydrogen-bond acceptors (Lipinski definition) is 3. The summed E-state index contributed by atoms with van der Waals surface area (Å²) in [6, 6.07) is 3.43. The smallest absolute Gasteiger partial charge is 0.355 e. The highest BCUT2D eigenvalue weighted by Gasteiger charge is 2.34. The molecule has 4 nitrogen and oxygen atoms in total. The Balaban J connectivity index is 1.95. The Morgan fingerprint density at radius 1 is 1.60 bits per heavy atom. The topological polar surface area (TPSA) is 62.3 Å². The third-order valence-corrected chi connectivity index (χ3v) is 3.02. The lowest BCUT2D eigenvalue weighted by Crippen LogP contribution is -2.25. The summed E-state index contributed by atoms with van der Waals surface area (Å²) >= 11 is 0. The van der Waals surface area contributed by atoms with Gasteiger partial charge in [-0.15, -0.1) is 0 Å². The molecular formula is C11H15NO3. The molecule has 1 fully saturated rings.